The molecule has 1 aromatic heterocycles. The smallest absolute Gasteiger partial charge is 0.416 e. The number of aromatic nitrogens is 1. The Morgan fingerprint density at radius 2 is 1.67 bits per heavy atom. The van der Waals surface area contributed by atoms with Crippen molar-refractivity contribution in [2.45, 2.75) is 25.8 Å². The lowest BCUT2D eigenvalue weighted by molar-refractivity contribution is -0.143. The van der Waals surface area contributed by atoms with Crippen LogP contribution >= 0.6 is 0 Å². The molecule has 0 bridgehead atoms. The van der Waals surface area contributed by atoms with Crippen molar-refractivity contribution >= 4 is 5.91 Å². The lowest BCUT2D eigenvalue weighted by Crippen LogP contribution is -2.24. The van der Waals surface area contributed by atoms with E-state index < -0.39 is 35.0 Å². The molecule has 0 aliphatic carbocycles. The summed E-state index contributed by atoms with van der Waals surface area (Å²) in [5.41, 5.74) is -3.44. The van der Waals surface area contributed by atoms with Gasteiger partial charge in [0.2, 0.25) is 5.88 Å². The molecule has 2 rings (SSSR count). The monoisotopic (exact) mass is 392 g/mol. The summed E-state index contributed by atoms with van der Waals surface area (Å²) in [6, 6.07) is 3.82. The van der Waals surface area contributed by atoms with Crippen molar-refractivity contribution in [3.8, 4) is 5.88 Å². The highest BCUT2D eigenvalue weighted by molar-refractivity contribution is 5.94. The number of carbonyl (C=O) groups is 1. The fraction of sp³-hybridized carbons (Fsp3) is 0.294. The van der Waals surface area contributed by atoms with E-state index in [0.29, 0.717) is 24.3 Å². The van der Waals surface area contributed by atoms with E-state index in [4.69, 9.17) is 4.74 Å². The molecule has 2 aromatic rings. The third-order valence-corrected chi connectivity index (χ3v) is 3.42. The van der Waals surface area contributed by atoms with Gasteiger partial charge in [-0.25, -0.2) is 4.98 Å². The topological polar surface area (TPSA) is 51.2 Å². The quantitative estimate of drug-likeness (QED) is 0.765. The summed E-state index contributed by atoms with van der Waals surface area (Å²) in [4.78, 5) is 16.1. The van der Waals surface area contributed by atoms with Crippen LogP contribution in [0.2, 0.25) is 0 Å². The lowest BCUT2D eigenvalue weighted by Gasteiger charge is -2.14. The van der Waals surface area contributed by atoms with Crippen molar-refractivity contribution in [1.82, 2.24) is 10.3 Å². The van der Waals surface area contributed by atoms with E-state index in [0.717, 1.165) is 0 Å². The van der Waals surface area contributed by atoms with Crippen molar-refractivity contribution in [3.63, 3.8) is 0 Å². The van der Waals surface area contributed by atoms with Crippen molar-refractivity contribution < 1.29 is 35.9 Å². The van der Waals surface area contributed by atoms with Crippen LogP contribution in [0.15, 0.2) is 36.5 Å². The van der Waals surface area contributed by atoms with Gasteiger partial charge in [0.15, 0.2) is 0 Å². The molecule has 0 aliphatic rings. The van der Waals surface area contributed by atoms with Crippen molar-refractivity contribution in [2.24, 2.45) is 0 Å². The van der Waals surface area contributed by atoms with Crippen LogP contribution in [0.3, 0.4) is 0 Å². The molecule has 0 atom stereocenters. The molecule has 0 spiro atoms. The maximum atomic E-state index is 12.9. The first-order chi connectivity index (χ1) is 12.5. The molecule has 0 fully saturated rings. The van der Waals surface area contributed by atoms with Crippen LogP contribution in [-0.4, -0.2) is 17.5 Å². The Bertz CT molecular complexity index is 786. The largest absolute Gasteiger partial charge is 0.478 e. The van der Waals surface area contributed by atoms with E-state index in [-0.39, 0.29) is 18.5 Å². The molecular formula is C17H14F6N2O2. The van der Waals surface area contributed by atoms with E-state index in [2.05, 4.69) is 10.3 Å². The second-order valence-electron chi connectivity index (χ2n) is 5.38. The number of benzene rings is 1. The maximum Gasteiger partial charge on any atom is 0.416 e. The molecule has 0 saturated heterocycles. The van der Waals surface area contributed by atoms with Gasteiger partial charge in [-0.1, -0.05) is 6.07 Å². The Morgan fingerprint density at radius 1 is 1.07 bits per heavy atom. The number of rotatable bonds is 5. The van der Waals surface area contributed by atoms with Gasteiger partial charge in [-0.05, 0) is 31.2 Å². The first-order valence-electron chi connectivity index (χ1n) is 7.66. The molecule has 1 N–H and O–H groups in total. The Kier molecular flexibility index (Phi) is 5.97. The average Bonchev–Trinajstić information content (AvgIpc) is 2.59. The zero-order chi connectivity index (χ0) is 20.2. The third-order valence-electron chi connectivity index (χ3n) is 3.42. The Morgan fingerprint density at radius 3 is 2.19 bits per heavy atom. The van der Waals surface area contributed by atoms with Crippen LogP contribution in [0.1, 0.15) is 34.0 Å². The number of ether oxygens (including phenoxy) is 1. The minimum atomic E-state index is -5.03. The van der Waals surface area contributed by atoms with Gasteiger partial charge in [-0.2, -0.15) is 26.3 Å². The molecule has 0 aliphatic heterocycles. The van der Waals surface area contributed by atoms with Crippen LogP contribution in [-0.2, 0) is 18.9 Å². The van der Waals surface area contributed by atoms with Crippen molar-refractivity contribution in [3.05, 3.63) is 58.8 Å². The van der Waals surface area contributed by atoms with Crippen LogP contribution in [0, 0.1) is 0 Å². The fourth-order valence-corrected chi connectivity index (χ4v) is 2.19. The first kappa shape index (κ1) is 20.5. The predicted octanol–water partition coefficient (Wildman–Crippen LogP) is 4.45. The lowest BCUT2D eigenvalue weighted by atomic mass is 10.0. The van der Waals surface area contributed by atoms with Crippen LogP contribution in [0.4, 0.5) is 26.3 Å². The second kappa shape index (κ2) is 7.85. The van der Waals surface area contributed by atoms with E-state index in [1.54, 1.807) is 19.1 Å². The fourth-order valence-electron chi connectivity index (χ4n) is 2.19. The van der Waals surface area contributed by atoms with Gasteiger partial charge < -0.3 is 10.1 Å². The SMILES string of the molecule is CCOc1ncccc1CNC(=O)c1cc(C(F)(F)F)cc(C(F)(F)F)c1. The van der Waals surface area contributed by atoms with E-state index >= 15 is 0 Å². The summed E-state index contributed by atoms with van der Waals surface area (Å²) in [6.45, 7) is 1.82. The summed E-state index contributed by atoms with van der Waals surface area (Å²) in [6.07, 6.45) is -8.61. The number of nitrogens with one attached hydrogen (secondary N) is 1. The number of pyridine rings is 1. The van der Waals surface area contributed by atoms with Gasteiger partial charge in [-0.3, -0.25) is 4.79 Å². The highest BCUT2D eigenvalue weighted by Gasteiger charge is 2.37. The molecule has 1 amide bonds. The number of hydrogen-bond donors (Lipinski definition) is 1. The van der Waals surface area contributed by atoms with Crippen LogP contribution < -0.4 is 10.1 Å². The third kappa shape index (κ3) is 5.35. The summed E-state index contributed by atoms with van der Waals surface area (Å²) in [7, 11) is 0. The van der Waals surface area contributed by atoms with E-state index in [1.165, 1.54) is 6.20 Å². The molecular weight excluding hydrogens is 378 g/mol. The number of alkyl halides is 6. The van der Waals surface area contributed by atoms with E-state index in [9.17, 15) is 31.1 Å². The molecule has 27 heavy (non-hydrogen) atoms. The Hall–Kier alpha value is -2.78. The van der Waals surface area contributed by atoms with Gasteiger partial charge in [0.1, 0.15) is 0 Å². The molecule has 0 saturated carbocycles. The number of carbonyl (C=O) groups excluding carboxylic acids is 1. The minimum absolute atomic E-state index is 0.0366. The molecule has 0 unspecified atom stereocenters. The molecule has 146 valence electrons. The van der Waals surface area contributed by atoms with Crippen LogP contribution in [0.5, 0.6) is 5.88 Å². The number of halogens is 6. The Balaban J connectivity index is 2.28. The number of hydrogen-bond acceptors (Lipinski definition) is 3. The highest BCUT2D eigenvalue weighted by Crippen LogP contribution is 2.36. The summed E-state index contributed by atoms with van der Waals surface area (Å²) in [5, 5.41) is 2.28. The standard InChI is InChI=1S/C17H14F6N2O2/c1-2-27-15-10(4-3-5-24-15)9-25-14(26)11-6-12(16(18,19)20)8-13(7-11)17(21,22)23/h3-8H,2,9H2,1H3,(H,25,26). The molecule has 10 heteroatoms. The first-order valence-corrected chi connectivity index (χ1v) is 7.66. The summed E-state index contributed by atoms with van der Waals surface area (Å²) in [5.74, 6) is -0.877. The summed E-state index contributed by atoms with van der Waals surface area (Å²) < 4.78 is 82.4. The summed E-state index contributed by atoms with van der Waals surface area (Å²) >= 11 is 0. The number of amides is 1. The zero-order valence-corrected chi connectivity index (χ0v) is 13.9. The number of nitrogens with zero attached hydrogens (tertiary/aromatic N) is 1. The molecule has 1 aromatic carbocycles. The molecule has 0 radical (unpaired) electrons. The van der Waals surface area contributed by atoms with Gasteiger partial charge in [-0.15, -0.1) is 0 Å². The zero-order valence-electron chi connectivity index (χ0n) is 13.9. The average molecular weight is 392 g/mol. The normalized spacial score (nSPS) is 12.0. The highest BCUT2D eigenvalue weighted by atomic mass is 19.4. The van der Waals surface area contributed by atoms with Crippen molar-refractivity contribution in [2.75, 3.05) is 6.61 Å². The van der Waals surface area contributed by atoms with Crippen molar-refractivity contribution in [1.29, 1.82) is 0 Å². The maximum absolute atomic E-state index is 12.9. The van der Waals surface area contributed by atoms with Gasteiger partial charge in [0.25, 0.3) is 5.91 Å². The minimum Gasteiger partial charge on any atom is -0.478 e. The predicted molar refractivity (Wildman–Crippen MR) is 83.0 cm³/mol. The van der Waals surface area contributed by atoms with Gasteiger partial charge in [0, 0.05) is 23.9 Å². The van der Waals surface area contributed by atoms with Crippen LogP contribution in [0.25, 0.3) is 0 Å². The molecule has 4 nitrogen and oxygen atoms in total. The van der Waals surface area contributed by atoms with Gasteiger partial charge in [0.05, 0.1) is 17.7 Å². The van der Waals surface area contributed by atoms with Gasteiger partial charge >= 0.3 is 12.4 Å². The van der Waals surface area contributed by atoms with E-state index in [1.807, 2.05) is 0 Å². The molecule has 1 heterocycles. The second-order valence-corrected chi connectivity index (χ2v) is 5.38. The Labute approximate surface area is 150 Å².